The first-order chi connectivity index (χ1) is 9.97. The minimum atomic E-state index is -0.0404. The van der Waals surface area contributed by atoms with Crippen molar-refractivity contribution in [2.75, 3.05) is 0 Å². The SMILES string of the molecule is CC(C)Cn1ncnc1CC(N)c1ccc(C(C)C)cc1. The third-order valence-corrected chi connectivity index (χ3v) is 3.67. The fourth-order valence-corrected chi connectivity index (χ4v) is 2.39. The van der Waals surface area contributed by atoms with Gasteiger partial charge < -0.3 is 5.73 Å². The van der Waals surface area contributed by atoms with Gasteiger partial charge in [-0.25, -0.2) is 9.67 Å². The second-order valence-corrected chi connectivity index (χ2v) is 6.38. The summed E-state index contributed by atoms with van der Waals surface area (Å²) < 4.78 is 1.97. The zero-order valence-electron chi connectivity index (χ0n) is 13.5. The molecule has 2 aromatic rings. The maximum Gasteiger partial charge on any atom is 0.138 e. The molecule has 1 atom stereocenters. The van der Waals surface area contributed by atoms with E-state index in [-0.39, 0.29) is 6.04 Å². The molecule has 0 aliphatic heterocycles. The summed E-state index contributed by atoms with van der Waals surface area (Å²) in [4.78, 5) is 4.35. The second kappa shape index (κ2) is 6.85. The summed E-state index contributed by atoms with van der Waals surface area (Å²) in [6, 6.07) is 8.55. The molecule has 1 heterocycles. The van der Waals surface area contributed by atoms with Crippen LogP contribution in [0.25, 0.3) is 0 Å². The number of rotatable bonds is 6. The molecule has 114 valence electrons. The molecular weight excluding hydrogens is 260 g/mol. The first kappa shape index (κ1) is 15.7. The molecule has 0 bridgehead atoms. The molecule has 0 fully saturated rings. The summed E-state index contributed by atoms with van der Waals surface area (Å²) >= 11 is 0. The Balaban J connectivity index is 2.07. The summed E-state index contributed by atoms with van der Waals surface area (Å²) in [5.41, 5.74) is 8.82. The molecule has 0 spiro atoms. The zero-order valence-corrected chi connectivity index (χ0v) is 13.5. The van der Waals surface area contributed by atoms with Gasteiger partial charge in [0.25, 0.3) is 0 Å². The van der Waals surface area contributed by atoms with Crippen molar-refractivity contribution in [1.82, 2.24) is 14.8 Å². The molecule has 4 nitrogen and oxygen atoms in total. The monoisotopic (exact) mass is 286 g/mol. The maximum absolute atomic E-state index is 6.33. The van der Waals surface area contributed by atoms with E-state index in [4.69, 9.17) is 5.73 Å². The highest BCUT2D eigenvalue weighted by Gasteiger charge is 2.13. The van der Waals surface area contributed by atoms with Crippen LogP contribution >= 0.6 is 0 Å². The molecule has 0 saturated carbocycles. The molecule has 1 aromatic heterocycles. The molecular formula is C17H26N4. The Morgan fingerprint density at radius 1 is 1.05 bits per heavy atom. The molecule has 21 heavy (non-hydrogen) atoms. The lowest BCUT2D eigenvalue weighted by Gasteiger charge is -2.14. The lowest BCUT2D eigenvalue weighted by atomic mass is 9.98. The third-order valence-electron chi connectivity index (χ3n) is 3.67. The van der Waals surface area contributed by atoms with Gasteiger partial charge in [0.05, 0.1) is 0 Å². The van der Waals surface area contributed by atoms with Gasteiger partial charge in [-0.3, -0.25) is 0 Å². The van der Waals surface area contributed by atoms with Crippen molar-refractivity contribution >= 4 is 0 Å². The highest BCUT2D eigenvalue weighted by Crippen LogP contribution is 2.19. The van der Waals surface area contributed by atoms with Crippen molar-refractivity contribution < 1.29 is 0 Å². The molecule has 0 aliphatic carbocycles. The highest BCUT2D eigenvalue weighted by atomic mass is 15.3. The van der Waals surface area contributed by atoms with E-state index in [1.165, 1.54) is 5.56 Å². The molecule has 4 heteroatoms. The number of benzene rings is 1. The number of aromatic nitrogens is 3. The van der Waals surface area contributed by atoms with Gasteiger partial charge in [0, 0.05) is 19.0 Å². The number of nitrogens with two attached hydrogens (primary N) is 1. The molecule has 1 aromatic carbocycles. The van der Waals surface area contributed by atoms with Gasteiger partial charge in [-0.2, -0.15) is 5.10 Å². The molecule has 2 N–H and O–H groups in total. The predicted octanol–water partition coefficient (Wildman–Crippen LogP) is 3.30. The number of hydrogen-bond acceptors (Lipinski definition) is 3. The van der Waals surface area contributed by atoms with E-state index in [0.717, 1.165) is 17.9 Å². The third kappa shape index (κ3) is 4.14. The largest absolute Gasteiger partial charge is 0.324 e. The van der Waals surface area contributed by atoms with E-state index in [1.54, 1.807) is 6.33 Å². The Morgan fingerprint density at radius 2 is 1.67 bits per heavy atom. The standard InChI is InChI=1S/C17H26N4/c1-12(2)10-21-17(19-11-20-21)9-16(18)15-7-5-14(6-8-15)13(3)4/h5-8,11-13,16H,9-10,18H2,1-4H3. The maximum atomic E-state index is 6.33. The first-order valence-electron chi connectivity index (χ1n) is 7.69. The van der Waals surface area contributed by atoms with Crippen molar-refractivity contribution in [2.24, 2.45) is 11.7 Å². The summed E-state index contributed by atoms with van der Waals surface area (Å²) in [6.07, 6.45) is 2.33. The molecule has 1 unspecified atom stereocenters. The van der Waals surface area contributed by atoms with Crippen LogP contribution in [0.5, 0.6) is 0 Å². The van der Waals surface area contributed by atoms with Crippen molar-refractivity contribution in [2.45, 2.75) is 52.6 Å². The van der Waals surface area contributed by atoms with E-state index in [1.807, 2.05) is 4.68 Å². The fraction of sp³-hybridized carbons (Fsp3) is 0.529. The molecule has 0 radical (unpaired) electrons. The zero-order chi connectivity index (χ0) is 15.4. The fourth-order valence-electron chi connectivity index (χ4n) is 2.39. The van der Waals surface area contributed by atoms with Crippen LogP contribution in [0, 0.1) is 5.92 Å². The van der Waals surface area contributed by atoms with Gasteiger partial charge in [-0.1, -0.05) is 52.0 Å². The minimum absolute atomic E-state index is 0.0404. The van der Waals surface area contributed by atoms with Crippen molar-refractivity contribution in [3.05, 3.63) is 47.5 Å². The van der Waals surface area contributed by atoms with Gasteiger partial charge >= 0.3 is 0 Å². The summed E-state index contributed by atoms with van der Waals surface area (Å²) in [5.74, 6) is 2.06. The van der Waals surface area contributed by atoms with E-state index < -0.39 is 0 Å². The Morgan fingerprint density at radius 3 is 2.24 bits per heavy atom. The average molecular weight is 286 g/mol. The Kier molecular flexibility index (Phi) is 5.12. The van der Waals surface area contributed by atoms with Gasteiger partial charge in [-0.15, -0.1) is 0 Å². The van der Waals surface area contributed by atoms with E-state index in [0.29, 0.717) is 18.3 Å². The van der Waals surface area contributed by atoms with Crippen LogP contribution in [0.3, 0.4) is 0 Å². The van der Waals surface area contributed by atoms with E-state index in [9.17, 15) is 0 Å². The Hall–Kier alpha value is -1.68. The number of nitrogens with zero attached hydrogens (tertiary/aromatic N) is 3. The minimum Gasteiger partial charge on any atom is -0.324 e. The second-order valence-electron chi connectivity index (χ2n) is 6.38. The van der Waals surface area contributed by atoms with Gasteiger partial charge in [-0.05, 0) is 23.0 Å². The van der Waals surface area contributed by atoms with Crippen LogP contribution in [0.15, 0.2) is 30.6 Å². The Labute approximate surface area is 127 Å². The van der Waals surface area contributed by atoms with Gasteiger partial charge in [0.15, 0.2) is 0 Å². The smallest absolute Gasteiger partial charge is 0.138 e. The highest BCUT2D eigenvalue weighted by molar-refractivity contribution is 5.27. The van der Waals surface area contributed by atoms with Crippen LogP contribution in [-0.4, -0.2) is 14.8 Å². The average Bonchev–Trinajstić information content (AvgIpc) is 2.85. The first-order valence-corrected chi connectivity index (χ1v) is 7.69. The topological polar surface area (TPSA) is 56.7 Å². The summed E-state index contributed by atoms with van der Waals surface area (Å²) in [7, 11) is 0. The van der Waals surface area contributed by atoms with Crippen LogP contribution in [-0.2, 0) is 13.0 Å². The lowest BCUT2D eigenvalue weighted by molar-refractivity contribution is 0.459. The van der Waals surface area contributed by atoms with Crippen LogP contribution < -0.4 is 5.73 Å². The van der Waals surface area contributed by atoms with Gasteiger partial charge in [0.1, 0.15) is 12.2 Å². The van der Waals surface area contributed by atoms with Crippen LogP contribution in [0.4, 0.5) is 0 Å². The van der Waals surface area contributed by atoms with E-state index in [2.05, 4.69) is 62.0 Å². The molecule has 0 saturated heterocycles. The summed E-state index contributed by atoms with van der Waals surface area (Å²) in [6.45, 7) is 9.63. The van der Waals surface area contributed by atoms with Crippen LogP contribution in [0.1, 0.15) is 56.6 Å². The van der Waals surface area contributed by atoms with Crippen molar-refractivity contribution in [3.63, 3.8) is 0 Å². The molecule has 0 amide bonds. The predicted molar refractivity (Wildman–Crippen MR) is 86.0 cm³/mol. The van der Waals surface area contributed by atoms with Gasteiger partial charge in [0.2, 0.25) is 0 Å². The van der Waals surface area contributed by atoms with Crippen molar-refractivity contribution in [3.8, 4) is 0 Å². The Bertz CT molecular complexity index is 554. The normalized spacial score (nSPS) is 13.1. The number of hydrogen-bond donors (Lipinski definition) is 1. The quantitative estimate of drug-likeness (QED) is 0.886. The summed E-state index contributed by atoms with van der Waals surface area (Å²) in [5, 5.41) is 4.29. The molecule has 0 aliphatic rings. The van der Waals surface area contributed by atoms with Crippen molar-refractivity contribution in [1.29, 1.82) is 0 Å². The van der Waals surface area contributed by atoms with Crippen LogP contribution in [0.2, 0.25) is 0 Å². The molecule has 2 rings (SSSR count). The van der Waals surface area contributed by atoms with E-state index >= 15 is 0 Å². The lowest BCUT2D eigenvalue weighted by Crippen LogP contribution is -2.18.